The molecule has 0 unspecified atom stereocenters. The predicted octanol–water partition coefficient (Wildman–Crippen LogP) is 2.13. The Morgan fingerprint density at radius 1 is 1.25 bits per heavy atom. The number of likely N-dealkylation sites (tertiary alicyclic amines) is 1. The van der Waals surface area contributed by atoms with Gasteiger partial charge < -0.3 is 10.2 Å². The van der Waals surface area contributed by atoms with Gasteiger partial charge in [0.2, 0.25) is 0 Å². The van der Waals surface area contributed by atoms with Gasteiger partial charge in [-0.25, -0.2) is 0 Å². The van der Waals surface area contributed by atoms with E-state index in [1.807, 2.05) is 0 Å². The number of benzene rings is 1. The van der Waals surface area contributed by atoms with Crippen molar-refractivity contribution in [2.45, 2.75) is 46.0 Å². The number of rotatable bonds is 4. The van der Waals surface area contributed by atoms with Crippen LogP contribution in [-0.2, 0) is 4.79 Å². The molecular weight excluding hydrogens is 248 g/mol. The van der Waals surface area contributed by atoms with Gasteiger partial charge in [-0.15, -0.1) is 0 Å². The molecule has 1 aliphatic rings. The second-order valence-corrected chi connectivity index (χ2v) is 6.23. The van der Waals surface area contributed by atoms with Crippen molar-refractivity contribution < 1.29 is 9.69 Å². The maximum absolute atomic E-state index is 12.3. The Morgan fingerprint density at radius 2 is 1.95 bits per heavy atom. The molecule has 20 heavy (non-hydrogen) atoms. The number of hydrogen-bond donors (Lipinski definition) is 2. The number of quaternary nitrogens is 1. The first-order valence-corrected chi connectivity index (χ1v) is 7.81. The molecule has 110 valence electrons. The van der Waals surface area contributed by atoms with Crippen LogP contribution in [-0.4, -0.2) is 25.5 Å². The molecule has 0 bridgehead atoms. The van der Waals surface area contributed by atoms with Crippen LogP contribution in [0.5, 0.6) is 0 Å². The molecule has 1 aromatic rings. The van der Waals surface area contributed by atoms with Gasteiger partial charge in [0.15, 0.2) is 6.54 Å². The summed E-state index contributed by atoms with van der Waals surface area (Å²) >= 11 is 0. The molecule has 2 rings (SSSR count). The molecule has 1 saturated heterocycles. The number of para-hydroxylation sites is 1. The number of amides is 1. The molecule has 1 fully saturated rings. The van der Waals surface area contributed by atoms with Gasteiger partial charge in [0, 0.05) is 5.69 Å². The molecular formula is C17H27N2O+. The van der Waals surface area contributed by atoms with E-state index in [0.29, 0.717) is 12.5 Å². The van der Waals surface area contributed by atoms with Crippen molar-refractivity contribution in [2.24, 2.45) is 0 Å². The minimum absolute atomic E-state index is 0.151. The fourth-order valence-corrected chi connectivity index (χ4v) is 2.98. The third kappa shape index (κ3) is 3.83. The van der Waals surface area contributed by atoms with E-state index < -0.39 is 0 Å². The summed E-state index contributed by atoms with van der Waals surface area (Å²) < 4.78 is 0. The summed E-state index contributed by atoms with van der Waals surface area (Å²) in [5.41, 5.74) is 3.40. The van der Waals surface area contributed by atoms with Crippen molar-refractivity contribution in [3.63, 3.8) is 0 Å². The highest BCUT2D eigenvalue weighted by molar-refractivity contribution is 5.93. The van der Waals surface area contributed by atoms with Crippen molar-refractivity contribution in [1.29, 1.82) is 0 Å². The van der Waals surface area contributed by atoms with Crippen molar-refractivity contribution in [3.05, 3.63) is 29.3 Å². The van der Waals surface area contributed by atoms with Gasteiger partial charge in [-0.05, 0) is 43.2 Å². The first kappa shape index (κ1) is 15.0. The van der Waals surface area contributed by atoms with Crippen LogP contribution >= 0.6 is 0 Å². The number of hydrogen-bond acceptors (Lipinski definition) is 1. The third-order valence-corrected chi connectivity index (χ3v) is 4.16. The normalized spacial score (nSPS) is 16.4. The van der Waals surface area contributed by atoms with Gasteiger partial charge in [-0.3, -0.25) is 4.79 Å². The van der Waals surface area contributed by atoms with E-state index in [2.05, 4.69) is 44.3 Å². The van der Waals surface area contributed by atoms with Crippen LogP contribution in [0, 0.1) is 6.92 Å². The predicted molar refractivity (Wildman–Crippen MR) is 83.3 cm³/mol. The number of nitrogens with one attached hydrogen (secondary N) is 2. The third-order valence-electron chi connectivity index (χ3n) is 4.16. The van der Waals surface area contributed by atoms with Gasteiger partial charge in [-0.1, -0.05) is 32.0 Å². The lowest BCUT2D eigenvalue weighted by Gasteiger charge is -2.23. The molecule has 1 heterocycles. The Kier molecular flexibility index (Phi) is 5.18. The monoisotopic (exact) mass is 275 g/mol. The zero-order valence-corrected chi connectivity index (χ0v) is 13.0. The Balaban J connectivity index is 2.03. The summed E-state index contributed by atoms with van der Waals surface area (Å²) in [5, 5.41) is 3.15. The highest BCUT2D eigenvalue weighted by Gasteiger charge is 2.19. The molecule has 1 aromatic carbocycles. The van der Waals surface area contributed by atoms with Gasteiger partial charge in [0.1, 0.15) is 0 Å². The Labute approximate surface area is 122 Å². The van der Waals surface area contributed by atoms with Crippen molar-refractivity contribution >= 4 is 11.6 Å². The molecule has 2 N–H and O–H groups in total. The Morgan fingerprint density at radius 3 is 2.60 bits per heavy atom. The van der Waals surface area contributed by atoms with Gasteiger partial charge in [-0.2, -0.15) is 0 Å². The summed E-state index contributed by atoms with van der Waals surface area (Å²) in [7, 11) is 0. The van der Waals surface area contributed by atoms with Gasteiger partial charge in [0.25, 0.3) is 5.91 Å². The fourth-order valence-electron chi connectivity index (χ4n) is 2.98. The second kappa shape index (κ2) is 6.89. The number of anilines is 1. The molecule has 3 nitrogen and oxygen atoms in total. The number of aryl methyl sites for hydroxylation is 1. The lowest BCUT2D eigenvalue weighted by Crippen LogP contribution is -3.13. The topological polar surface area (TPSA) is 33.5 Å². The number of carbonyl (C=O) groups excluding carboxylic acids is 1. The Bertz CT molecular complexity index is 462. The van der Waals surface area contributed by atoms with Crippen molar-refractivity contribution in [3.8, 4) is 0 Å². The highest BCUT2D eigenvalue weighted by Crippen LogP contribution is 2.27. The maximum atomic E-state index is 12.3. The van der Waals surface area contributed by atoms with E-state index in [-0.39, 0.29) is 5.91 Å². The molecule has 3 heteroatoms. The summed E-state index contributed by atoms with van der Waals surface area (Å²) in [5.74, 6) is 0.575. The van der Waals surface area contributed by atoms with E-state index in [1.54, 1.807) is 0 Å². The van der Waals surface area contributed by atoms with Gasteiger partial charge in [0.05, 0.1) is 13.1 Å². The van der Waals surface area contributed by atoms with Crippen LogP contribution in [0.15, 0.2) is 18.2 Å². The lowest BCUT2D eigenvalue weighted by atomic mass is 9.98. The van der Waals surface area contributed by atoms with Crippen LogP contribution in [0.4, 0.5) is 5.69 Å². The molecule has 0 aliphatic carbocycles. The molecule has 0 aromatic heterocycles. The van der Waals surface area contributed by atoms with E-state index >= 15 is 0 Å². The summed E-state index contributed by atoms with van der Waals surface area (Å²) in [6.45, 7) is 9.28. The first-order valence-electron chi connectivity index (χ1n) is 7.81. The van der Waals surface area contributed by atoms with Crippen LogP contribution in [0.25, 0.3) is 0 Å². The first-order chi connectivity index (χ1) is 9.58. The smallest absolute Gasteiger partial charge is 0.279 e. The SMILES string of the molecule is Cc1cccc(C(C)C)c1NC(=O)C[NH+]1CCCCC1. The highest BCUT2D eigenvalue weighted by atomic mass is 16.2. The molecule has 0 spiro atoms. The molecule has 1 aliphatic heterocycles. The number of carbonyl (C=O) groups is 1. The largest absolute Gasteiger partial charge is 0.327 e. The van der Waals surface area contributed by atoms with E-state index in [4.69, 9.17) is 0 Å². The minimum Gasteiger partial charge on any atom is -0.327 e. The van der Waals surface area contributed by atoms with Crippen LogP contribution in [0.1, 0.15) is 50.2 Å². The van der Waals surface area contributed by atoms with Crippen molar-refractivity contribution in [2.75, 3.05) is 25.0 Å². The quantitative estimate of drug-likeness (QED) is 0.867. The standard InChI is InChI=1S/C17H26N2O/c1-13(2)15-9-7-8-14(3)17(15)18-16(20)12-19-10-5-4-6-11-19/h7-9,13H,4-6,10-12H2,1-3H3,(H,18,20)/p+1. The molecule has 0 saturated carbocycles. The summed E-state index contributed by atoms with van der Waals surface area (Å²) in [6.07, 6.45) is 3.83. The minimum atomic E-state index is 0.151. The lowest BCUT2D eigenvalue weighted by molar-refractivity contribution is -0.896. The summed E-state index contributed by atoms with van der Waals surface area (Å²) in [6, 6.07) is 6.24. The van der Waals surface area contributed by atoms with Gasteiger partial charge >= 0.3 is 0 Å². The van der Waals surface area contributed by atoms with E-state index in [9.17, 15) is 4.79 Å². The molecule has 0 atom stereocenters. The fraction of sp³-hybridized carbons (Fsp3) is 0.588. The zero-order chi connectivity index (χ0) is 14.5. The van der Waals surface area contributed by atoms with Crippen LogP contribution in [0.2, 0.25) is 0 Å². The average molecular weight is 275 g/mol. The molecule has 1 amide bonds. The Hall–Kier alpha value is -1.35. The van der Waals surface area contributed by atoms with E-state index in [0.717, 1.165) is 24.3 Å². The van der Waals surface area contributed by atoms with E-state index in [1.165, 1.54) is 29.7 Å². The van der Waals surface area contributed by atoms with Crippen LogP contribution < -0.4 is 10.2 Å². The average Bonchev–Trinajstić information content (AvgIpc) is 2.42. The zero-order valence-electron chi connectivity index (χ0n) is 13.0. The maximum Gasteiger partial charge on any atom is 0.279 e. The van der Waals surface area contributed by atoms with Crippen LogP contribution in [0.3, 0.4) is 0 Å². The molecule has 0 radical (unpaired) electrons. The second-order valence-electron chi connectivity index (χ2n) is 6.23. The van der Waals surface area contributed by atoms with Crippen molar-refractivity contribution in [1.82, 2.24) is 0 Å². The summed E-state index contributed by atoms with van der Waals surface area (Å²) in [4.78, 5) is 13.7. The number of piperidine rings is 1.